The second-order valence-electron chi connectivity index (χ2n) is 7.11. The number of ether oxygens (including phenoxy) is 1. The van der Waals surface area contributed by atoms with Gasteiger partial charge in [-0.25, -0.2) is 14.4 Å². The van der Waals surface area contributed by atoms with Gasteiger partial charge in [0.15, 0.2) is 6.61 Å². The molecule has 2 heterocycles. The number of aryl methyl sites for hydroxylation is 1. The largest absolute Gasteiger partial charge is 0.483 e. The van der Waals surface area contributed by atoms with Gasteiger partial charge in [-0.3, -0.25) is 4.79 Å². The van der Waals surface area contributed by atoms with Crippen LogP contribution >= 0.6 is 15.9 Å². The molecule has 1 aliphatic rings. The first-order valence-electron chi connectivity index (χ1n) is 9.29. The topological polar surface area (TPSA) is 58.6 Å². The van der Waals surface area contributed by atoms with Crippen LogP contribution in [0.2, 0.25) is 0 Å². The van der Waals surface area contributed by atoms with Crippen molar-refractivity contribution in [3.05, 3.63) is 46.1 Å². The van der Waals surface area contributed by atoms with E-state index in [4.69, 9.17) is 4.74 Å². The molecule has 0 radical (unpaired) electrons. The molecule has 0 aliphatic carbocycles. The molecule has 1 fully saturated rings. The molecular weight excluding hydrogens is 427 g/mol. The van der Waals surface area contributed by atoms with Crippen molar-refractivity contribution < 1.29 is 13.9 Å². The van der Waals surface area contributed by atoms with Crippen LogP contribution in [0.15, 0.2) is 28.7 Å². The van der Waals surface area contributed by atoms with E-state index >= 15 is 0 Å². The molecule has 0 atom stereocenters. The van der Waals surface area contributed by atoms with Crippen molar-refractivity contribution in [2.75, 3.05) is 37.7 Å². The van der Waals surface area contributed by atoms with Gasteiger partial charge in [-0.05, 0) is 41.1 Å². The molecule has 0 bridgehead atoms. The third-order valence-corrected chi connectivity index (χ3v) is 5.20. The van der Waals surface area contributed by atoms with Gasteiger partial charge in [0.25, 0.3) is 5.91 Å². The first-order valence-corrected chi connectivity index (χ1v) is 10.1. The summed E-state index contributed by atoms with van der Waals surface area (Å²) in [5.41, 5.74) is 0.950. The highest BCUT2D eigenvalue weighted by Gasteiger charge is 2.23. The minimum absolute atomic E-state index is 0.0751. The molecular formula is C20H24BrFN4O2. The second kappa shape index (κ2) is 8.86. The normalized spacial score (nSPS) is 14.5. The smallest absolute Gasteiger partial charge is 0.260 e. The first kappa shape index (κ1) is 20.5. The lowest BCUT2D eigenvalue weighted by Gasteiger charge is -2.35. The number of carbonyl (C=O) groups is 1. The fourth-order valence-electron chi connectivity index (χ4n) is 3.00. The van der Waals surface area contributed by atoms with Crippen LogP contribution in [0, 0.1) is 12.7 Å². The zero-order chi connectivity index (χ0) is 20.3. The SMILES string of the molecule is Cc1cc(N2CCN(C(=O)COc3ccc(F)cc3Br)CC2)nc(C(C)C)n1. The van der Waals surface area contributed by atoms with Crippen molar-refractivity contribution in [2.45, 2.75) is 26.7 Å². The molecule has 0 spiro atoms. The number of hydrogen-bond acceptors (Lipinski definition) is 5. The Morgan fingerprint density at radius 3 is 2.57 bits per heavy atom. The van der Waals surface area contributed by atoms with Gasteiger partial charge in [0.05, 0.1) is 4.47 Å². The lowest BCUT2D eigenvalue weighted by Crippen LogP contribution is -2.50. The predicted octanol–water partition coefficient (Wildman–Crippen LogP) is 3.54. The summed E-state index contributed by atoms with van der Waals surface area (Å²) >= 11 is 3.24. The van der Waals surface area contributed by atoms with Crippen molar-refractivity contribution in [1.29, 1.82) is 0 Å². The van der Waals surface area contributed by atoms with Gasteiger partial charge < -0.3 is 14.5 Å². The Hall–Kier alpha value is -2.22. The Balaban J connectivity index is 1.55. The van der Waals surface area contributed by atoms with Gasteiger partial charge in [0.1, 0.15) is 23.2 Å². The van der Waals surface area contributed by atoms with E-state index in [1.807, 2.05) is 13.0 Å². The molecule has 3 rings (SSSR count). The molecule has 28 heavy (non-hydrogen) atoms. The molecule has 0 saturated carbocycles. The average Bonchev–Trinajstić information content (AvgIpc) is 2.66. The highest BCUT2D eigenvalue weighted by molar-refractivity contribution is 9.10. The van der Waals surface area contributed by atoms with E-state index in [0.29, 0.717) is 36.4 Å². The summed E-state index contributed by atoms with van der Waals surface area (Å²) in [5, 5.41) is 0. The van der Waals surface area contributed by atoms with E-state index < -0.39 is 0 Å². The number of rotatable bonds is 5. The quantitative estimate of drug-likeness (QED) is 0.696. The molecule has 6 nitrogen and oxygen atoms in total. The molecule has 150 valence electrons. The van der Waals surface area contributed by atoms with Gasteiger partial charge in [-0.15, -0.1) is 0 Å². The van der Waals surface area contributed by atoms with Gasteiger partial charge in [-0.2, -0.15) is 0 Å². The number of halogens is 2. The highest BCUT2D eigenvalue weighted by atomic mass is 79.9. The molecule has 8 heteroatoms. The number of benzene rings is 1. The number of hydrogen-bond donors (Lipinski definition) is 0. The fraction of sp³-hybridized carbons (Fsp3) is 0.450. The standard InChI is InChI=1S/C20H24BrFN4O2/c1-13(2)20-23-14(3)10-18(24-20)25-6-8-26(9-7-25)19(27)12-28-17-5-4-15(22)11-16(17)21/h4-5,10-11,13H,6-9,12H2,1-3H3. The predicted molar refractivity (Wildman–Crippen MR) is 109 cm³/mol. The molecule has 1 saturated heterocycles. The summed E-state index contributed by atoms with van der Waals surface area (Å²) in [6, 6.07) is 6.11. The molecule has 1 aromatic carbocycles. The minimum Gasteiger partial charge on any atom is -0.483 e. The van der Waals surface area contributed by atoms with Crippen molar-refractivity contribution in [1.82, 2.24) is 14.9 Å². The Bertz CT molecular complexity index is 854. The van der Waals surface area contributed by atoms with Crippen LogP contribution in [0.4, 0.5) is 10.2 Å². The zero-order valence-corrected chi connectivity index (χ0v) is 17.9. The van der Waals surface area contributed by atoms with E-state index in [2.05, 4.69) is 44.6 Å². The number of carbonyl (C=O) groups excluding carboxylic acids is 1. The van der Waals surface area contributed by atoms with Crippen LogP contribution in [-0.4, -0.2) is 53.6 Å². The summed E-state index contributed by atoms with van der Waals surface area (Å²) in [4.78, 5) is 25.6. The summed E-state index contributed by atoms with van der Waals surface area (Å²) in [6.07, 6.45) is 0. The maximum absolute atomic E-state index is 13.1. The third kappa shape index (κ3) is 4.98. The van der Waals surface area contributed by atoms with E-state index in [0.717, 1.165) is 17.3 Å². The lowest BCUT2D eigenvalue weighted by molar-refractivity contribution is -0.133. The van der Waals surface area contributed by atoms with Crippen molar-refractivity contribution in [2.24, 2.45) is 0 Å². The third-order valence-electron chi connectivity index (χ3n) is 4.58. The van der Waals surface area contributed by atoms with Gasteiger partial charge >= 0.3 is 0 Å². The van der Waals surface area contributed by atoms with E-state index in [1.54, 1.807) is 4.90 Å². The summed E-state index contributed by atoms with van der Waals surface area (Å²) < 4.78 is 19.2. The molecule has 0 N–H and O–H groups in total. The van der Waals surface area contributed by atoms with Crippen LogP contribution < -0.4 is 9.64 Å². The van der Waals surface area contributed by atoms with Crippen LogP contribution in [0.25, 0.3) is 0 Å². The molecule has 2 aromatic rings. The summed E-state index contributed by atoms with van der Waals surface area (Å²) in [7, 11) is 0. The maximum atomic E-state index is 13.1. The zero-order valence-electron chi connectivity index (χ0n) is 16.3. The van der Waals surface area contributed by atoms with Gasteiger partial charge in [0, 0.05) is 43.9 Å². The maximum Gasteiger partial charge on any atom is 0.260 e. The van der Waals surface area contributed by atoms with Crippen molar-refractivity contribution in [3.8, 4) is 5.75 Å². The number of aromatic nitrogens is 2. The van der Waals surface area contributed by atoms with Crippen LogP contribution in [0.3, 0.4) is 0 Å². The monoisotopic (exact) mass is 450 g/mol. The van der Waals surface area contributed by atoms with Crippen LogP contribution in [0.5, 0.6) is 5.75 Å². The van der Waals surface area contributed by atoms with Crippen molar-refractivity contribution in [3.63, 3.8) is 0 Å². The van der Waals surface area contributed by atoms with Crippen molar-refractivity contribution >= 4 is 27.7 Å². The minimum atomic E-state index is -0.359. The Kier molecular flexibility index (Phi) is 6.49. The van der Waals surface area contributed by atoms with Crippen LogP contribution in [0.1, 0.15) is 31.3 Å². The van der Waals surface area contributed by atoms with Gasteiger partial charge in [0.2, 0.25) is 0 Å². The Morgan fingerprint density at radius 1 is 1.21 bits per heavy atom. The Morgan fingerprint density at radius 2 is 1.93 bits per heavy atom. The molecule has 1 amide bonds. The number of amides is 1. The van der Waals surface area contributed by atoms with Gasteiger partial charge in [-0.1, -0.05) is 13.8 Å². The average molecular weight is 451 g/mol. The number of anilines is 1. The summed E-state index contributed by atoms with van der Waals surface area (Å²) in [6.45, 7) is 8.68. The van der Waals surface area contributed by atoms with E-state index in [1.165, 1.54) is 18.2 Å². The fourth-order valence-corrected chi connectivity index (χ4v) is 3.47. The highest BCUT2D eigenvalue weighted by Crippen LogP contribution is 2.25. The second-order valence-corrected chi connectivity index (χ2v) is 7.97. The number of piperazine rings is 1. The first-order chi connectivity index (χ1) is 13.3. The molecule has 1 aromatic heterocycles. The lowest BCUT2D eigenvalue weighted by atomic mass is 10.2. The number of nitrogens with zero attached hydrogens (tertiary/aromatic N) is 4. The van der Waals surface area contributed by atoms with E-state index in [9.17, 15) is 9.18 Å². The van der Waals surface area contributed by atoms with Crippen LogP contribution in [-0.2, 0) is 4.79 Å². The van der Waals surface area contributed by atoms with E-state index in [-0.39, 0.29) is 24.2 Å². The molecule has 0 unspecified atom stereocenters. The summed E-state index contributed by atoms with van der Waals surface area (Å²) in [5.74, 6) is 2.02. The Labute approximate surface area is 172 Å². The molecule has 1 aliphatic heterocycles.